The number of rotatable bonds is 8. The summed E-state index contributed by atoms with van der Waals surface area (Å²) in [5.41, 5.74) is 4.43. The van der Waals surface area contributed by atoms with E-state index in [0.29, 0.717) is 0 Å². The molecule has 0 heterocycles. The molecule has 0 aliphatic carbocycles. The smallest absolute Gasteiger partial charge is 0.00230 e. The summed E-state index contributed by atoms with van der Waals surface area (Å²) in [4.78, 5) is 0. The summed E-state index contributed by atoms with van der Waals surface area (Å²) in [6.07, 6.45) is 7.69. The van der Waals surface area contributed by atoms with E-state index in [1.54, 1.807) is 0 Å². The van der Waals surface area contributed by atoms with Gasteiger partial charge in [0.1, 0.15) is 0 Å². The average molecular weight is 280 g/mol. The number of hydrogen-bond donors (Lipinski definition) is 0. The van der Waals surface area contributed by atoms with E-state index in [4.69, 9.17) is 0 Å². The van der Waals surface area contributed by atoms with Crippen LogP contribution in [0.4, 0.5) is 0 Å². The van der Waals surface area contributed by atoms with Crippen molar-refractivity contribution in [1.82, 2.24) is 0 Å². The van der Waals surface area contributed by atoms with Gasteiger partial charge >= 0.3 is 0 Å². The monoisotopic (exact) mass is 280 g/mol. The van der Waals surface area contributed by atoms with Crippen LogP contribution in [0.2, 0.25) is 0 Å². The maximum absolute atomic E-state index is 2.40. The van der Waals surface area contributed by atoms with Crippen molar-refractivity contribution in [3.63, 3.8) is 0 Å². The minimum atomic E-state index is 0.786. The Hall–Kier alpha value is -1.56. The Bertz CT molecular complexity index is 513. The topological polar surface area (TPSA) is 0 Å². The Labute approximate surface area is 130 Å². The van der Waals surface area contributed by atoms with Crippen LogP contribution >= 0.6 is 0 Å². The molecule has 2 rings (SSSR count). The lowest BCUT2D eigenvalue weighted by molar-refractivity contribution is 0.492. The fourth-order valence-electron chi connectivity index (χ4n) is 2.97. The highest BCUT2D eigenvalue weighted by molar-refractivity contribution is 5.33. The van der Waals surface area contributed by atoms with Gasteiger partial charge in [0.15, 0.2) is 0 Å². The Morgan fingerprint density at radius 2 is 1.48 bits per heavy atom. The molecule has 0 saturated carbocycles. The third-order valence-electron chi connectivity index (χ3n) is 4.22. The molecule has 0 amide bonds. The normalized spacial score (nSPS) is 12.3. The van der Waals surface area contributed by atoms with E-state index in [1.807, 2.05) is 0 Å². The van der Waals surface area contributed by atoms with Crippen molar-refractivity contribution in [2.24, 2.45) is 5.92 Å². The van der Waals surface area contributed by atoms with Crippen LogP contribution in [-0.2, 0) is 12.8 Å². The molecular formula is C21H28. The van der Waals surface area contributed by atoms with E-state index in [1.165, 1.54) is 48.8 Å². The van der Waals surface area contributed by atoms with E-state index in [2.05, 4.69) is 68.4 Å². The van der Waals surface area contributed by atoms with Gasteiger partial charge < -0.3 is 0 Å². The summed E-state index contributed by atoms with van der Waals surface area (Å²) in [7, 11) is 0. The first-order valence-electron chi connectivity index (χ1n) is 8.40. The van der Waals surface area contributed by atoms with Gasteiger partial charge in [-0.05, 0) is 35.4 Å². The van der Waals surface area contributed by atoms with E-state index >= 15 is 0 Å². The van der Waals surface area contributed by atoms with Crippen LogP contribution < -0.4 is 0 Å². The van der Waals surface area contributed by atoms with Crippen LogP contribution in [0, 0.1) is 5.92 Å². The molecule has 0 bridgehead atoms. The van der Waals surface area contributed by atoms with Crippen LogP contribution in [0.3, 0.4) is 0 Å². The minimum Gasteiger partial charge on any atom is -0.0654 e. The highest BCUT2D eigenvalue weighted by Gasteiger charge is 2.08. The van der Waals surface area contributed by atoms with E-state index < -0.39 is 0 Å². The molecule has 112 valence electrons. The SMILES string of the molecule is CCCCCC(C)Cc1ccccc1Cc1ccccc1. The molecule has 0 nitrogen and oxygen atoms in total. The predicted molar refractivity (Wildman–Crippen MR) is 92.7 cm³/mol. The third-order valence-corrected chi connectivity index (χ3v) is 4.22. The van der Waals surface area contributed by atoms with Gasteiger partial charge in [-0.1, -0.05) is 94.1 Å². The molecule has 0 aliphatic rings. The molecule has 0 aliphatic heterocycles. The van der Waals surface area contributed by atoms with Crippen molar-refractivity contribution in [2.75, 3.05) is 0 Å². The second-order valence-electron chi connectivity index (χ2n) is 6.24. The Kier molecular flexibility index (Phi) is 6.53. The van der Waals surface area contributed by atoms with Gasteiger partial charge in [-0.3, -0.25) is 0 Å². The van der Waals surface area contributed by atoms with Crippen molar-refractivity contribution in [2.45, 2.75) is 52.4 Å². The lowest BCUT2D eigenvalue weighted by Crippen LogP contribution is -2.03. The molecule has 0 radical (unpaired) electrons. The standard InChI is InChI=1S/C21H28/c1-3-4-6-11-18(2)16-20-14-9-10-15-21(20)17-19-12-7-5-8-13-19/h5,7-10,12-15,18H,3-4,6,11,16-17H2,1-2H3. The molecule has 2 aromatic carbocycles. The molecule has 1 atom stereocenters. The van der Waals surface area contributed by atoms with E-state index in [-0.39, 0.29) is 0 Å². The molecule has 1 unspecified atom stereocenters. The summed E-state index contributed by atoms with van der Waals surface area (Å²) in [6, 6.07) is 19.8. The lowest BCUT2D eigenvalue weighted by atomic mass is 9.91. The Morgan fingerprint density at radius 1 is 0.810 bits per heavy atom. The maximum Gasteiger partial charge on any atom is -0.00230 e. The number of hydrogen-bond acceptors (Lipinski definition) is 0. The molecule has 0 saturated heterocycles. The second-order valence-corrected chi connectivity index (χ2v) is 6.24. The number of benzene rings is 2. The van der Waals surface area contributed by atoms with Crippen LogP contribution in [-0.4, -0.2) is 0 Å². The van der Waals surface area contributed by atoms with Gasteiger partial charge in [0.25, 0.3) is 0 Å². The fourth-order valence-corrected chi connectivity index (χ4v) is 2.97. The van der Waals surface area contributed by atoms with Gasteiger partial charge in [0.05, 0.1) is 0 Å². The van der Waals surface area contributed by atoms with Gasteiger partial charge in [0, 0.05) is 0 Å². The third kappa shape index (κ3) is 5.38. The first-order valence-corrected chi connectivity index (χ1v) is 8.40. The zero-order chi connectivity index (χ0) is 14.9. The average Bonchev–Trinajstić information content (AvgIpc) is 2.51. The van der Waals surface area contributed by atoms with Crippen LogP contribution in [0.1, 0.15) is 56.2 Å². The summed E-state index contributed by atoms with van der Waals surface area (Å²) in [5.74, 6) is 0.786. The number of unbranched alkanes of at least 4 members (excludes halogenated alkanes) is 2. The van der Waals surface area contributed by atoms with E-state index in [9.17, 15) is 0 Å². The molecule has 0 spiro atoms. The molecule has 0 fully saturated rings. The zero-order valence-corrected chi connectivity index (χ0v) is 13.5. The summed E-state index contributed by atoms with van der Waals surface area (Å²) < 4.78 is 0. The molecular weight excluding hydrogens is 252 g/mol. The summed E-state index contributed by atoms with van der Waals surface area (Å²) in [6.45, 7) is 4.68. The quantitative estimate of drug-likeness (QED) is 0.517. The lowest BCUT2D eigenvalue weighted by Gasteiger charge is -2.15. The second kappa shape index (κ2) is 8.67. The molecule has 0 heteroatoms. The summed E-state index contributed by atoms with van der Waals surface area (Å²) >= 11 is 0. The Morgan fingerprint density at radius 3 is 2.19 bits per heavy atom. The van der Waals surface area contributed by atoms with E-state index in [0.717, 1.165) is 12.3 Å². The van der Waals surface area contributed by atoms with Gasteiger partial charge in [-0.15, -0.1) is 0 Å². The van der Waals surface area contributed by atoms with Crippen molar-refractivity contribution < 1.29 is 0 Å². The van der Waals surface area contributed by atoms with Gasteiger partial charge in [0.2, 0.25) is 0 Å². The minimum absolute atomic E-state index is 0.786. The van der Waals surface area contributed by atoms with Crippen molar-refractivity contribution in [3.05, 3.63) is 71.3 Å². The van der Waals surface area contributed by atoms with Crippen molar-refractivity contribution >= 4 is 0 Å². The van der Waals surface area contributed by atoms with Gasteiger partial charge in [-0.2, -0.15) is 0 Å². The first-order chi connectivity index (χ1) is 10.3. The molecule has 21 heavy (non-hydrogen) atoms. The Balaban J connectivity index is 1.99. The summed E-state index contributed by atoms with van der Waals surface area (Å²) in [5, 5.41) is 0. The van der Waals surface area contributed by atoms with Crippen LogP contribution in [0.5, 0.6) is 0 Å². The predicted octanol–water partition coefficient (Wildman–Crippen LogP) is 6.04. The molecule has 2 aromatic rings. The highest BCUT2D eigenvalue weighted by atomic mass is 14.1. The molecule has 0 aromatic heterocycles. The molecule has 0 N–H and O–H groups in total. The zero-order valence-electron chi connectivity index (χ0n) is 13.5. The van der Waals surface area contributed by atoms with Crippen molar-refractivity contribution in [1.29, 1.82) is 0 Å². The first kappa shape index (κ1) is 15.8. The largest absolute Gasteiger partial charge is 0.0654 e. The van der Waals surface area contributed by atoms with Crippen molar-refractivity contribution in [3.8, 4) is 0 Å². The van der Waals surface area contributed by atoms with Crippen LogP contribution in [0.25, 0.3) is 0 Å². The van der Waals surface area contributed by atoms with Crippen LogP contribution in [0.15, 0.2) is 54.6 Å². The highest BCUT2D eigenvalue weighted by Crippen LogP contribution is 2.20. The fraction of sp³-hybridized carbons (Fsp3) is 0.429. The van der Waals surface area contributed by atoms with Gasteiger partial charge in [-0.25, -0.2) is 0 Å². The maximum atomic E-state index is 2.40.